The van der Waals surface area contributed by atoms with Gasteiger partial charge in [-0.2, -0.15) is 15.0 Å². The molecule has 4 nitrogen and oxygen atoms in total. The molecule has 2 heterocycles. The number of rotatable bonds is 3. The maximum atomic E-state index is 4.42. The van der Waals surface area contributed by atoms with Gasteiger partial charge in [0.25, 0.3) is 0 Å². The molecule has 1 fully saturated rings. The normalized spacial score (nSPS) is 22.1. The predicted octanol–water partition coefficient (Wildman–Crippen LogP) is 0.931. The van der Waals surface area contributed by atoms with Crippen molar-refractivity contribution < 1.29 is 0 Å². The van der Waals surface area contributed by atoms with E-state index < -0.39 is 0 Å². The fraction of sp³-hybridized carbons (Fsp3) is 0.600. The van der Waals surface area contributed by atoms with Crippen LogP contribution in [0.15, 0.2) is 18.9 Å². The summed E-state index contributed by atoms with van der Waals surface area (Å²) >= 11 is 0. The molecule has 1 aromatic rings. The van der Waals surface area contributed by atoms with Crippen LogP contribution < -0.4 is 5.32 Å². The molecule has 14 heavy (non-hydrogen) atoms. The van der Waals surface area contributed by atoms with Crippen LogP contribution >= 0.6 is 0 Å². The summed E-state index contributed by atoms with van der Waals surface area (Å²) in [5.41, 5.74) is 1.11. The van der Waals surface area contributed by atoms with Gasteiger partial charge in [0.05, 0.1) is 18.4 Å². The largest absolute Gasteiger partial charge is 0.316 e. The third-order valence-corrected chi connectivity index (χ3v) is 2.56. The second-order valence-electron chi connectivity index (χ2n) is 3.66. The number of hydrogen-bond acceptors (Lipinski definition) is 3. The molecular weight excluding hydrogens is 176 g/mol. The lowest BCUT2D eigenvalue weighted by atomic mass is 9.97. The summed E-state index contributed by atoms with van der Waals surface area (Å²) in [6.07, 6.45) is 6.14. The van der Waals surface area contributed by atoms with Crippen LogP contribution in [-0.4, -0.2) is 28.1 Å². The Balaban J connectivity index is 2.03. The Morgan fingerprint density at radius 2 is 2.64 bits per heavy atom. The molecule has 0 amide bonds. The summed E-state index contributed by atoms with van der Waals surface area (Å²) < 4.78 is 0. The van der Waals surface area contributed by atoms with Crippen LogP contribution in [0.2, 0.25) is 0 Å². The predicted molar refractivity (Wildman–Crippen MR) is 55.1 cm³/mol. The average Bonchev–Trinajstić information content (AvgIpc) is 2.68. The number of piperidine rings is 1. The first kappa shape index (κ1) is 9.40. The molecule has 1 atom stereocenters. The molecule has 0 radical (unpaired) electrons. The molecule has 1 aromatic heterocycles. The van der Waals surface area contributed by atoms with Crippen LogP contribution in [0, 0.1) is 0 Å². The molecule has 0 spiro atoms. The van der Waals surface area contributed by atoms with E-state index in [2.05, 4.69) is 22.1 Å². The van der Waals surface area contributed by atoms with E-state index in [1.807, 2.05) is 12.3 Å². The highest BCUT2D eigenvalue weighted by atomic mass is 15.5. The molecular formula is C10H16N4. The zero-order valence-electron chi connectivity index (χ0n) is 8.32. The summed E-state index contributed by atoms with van der Waals surface area (Å²) in [6, 6.07) is 0. The van der Waals surface area contributed by atoms with Gasteiger partial charge < -0.3 is 5.32 Å². The van der Waals surface area contributed by atoms with Crippen molar-refractivity contribution in [3.05, 3.63) is 24.5 Å². The minimum Gasteiger partial charge on any atom is -0.316 e. The molecule has 0 aromatic carbocycles. The zero-order valence-corrected chi connectivity index (χ0v) is 8.32. The fourth-order valence-corrected chi connectivity index (χ4v) is 1.81. The molecule has 1 N–H and O–H groups in total. The molecule has 1 unspecified atom stereocenters. The number of nitrogens with zero attached hydrogens (tertiary/aromatic N) is 3. The highest BCUT2D eigenvalue weighted by Gasteiger charge is 2.17. The second kappa shape index (κ2) is 4.37. The second-order valence-corrected chi connectivity index (χ2v) is 3.66. The van der Waals surface area contributed by atoms with Crippen LogP contribution in [0.25, 0.3) is 0 Å². The van der Waals surface area contributed by atoms with Crippen molar-refractivity contribution in [1.82, 2.24) is 20.3 Å². The van der Waals surface area contributed by atoms with E-state index >= 15 is 0 Å². The van der Waals surface area contributed by atoms with E-state index in [0.29, 0.717) is 12.5 Å². The first-order valence-electron chi connectivity index (χ1n) is 5.12. The van der Waals surface area contributed by atoms with E-state index in [1.165, 1.54) is 12.8 Å². The SMILES string of the molecule is C=CCn1ncc(C2CCCNC2)n1. The topological polar surface area (TPSA) is 42.7 Å². The van der Waals surface area contributed by atoms with Crippen LogP contribution in [0.4, 0.5) is 0 Å². The van der Waals surface area contributed by atoms with E-state index in [4.69, 9.17) is 0 Å². The molecule has 1 aliphatic rings. The molecule has 1 saturated heterocycles. The van der Waals surface area contributed by atoms with Gasteiger partial charge in [-0.15, -0.1) is 6.58 Å². The highest BCUT2D eigenvalue weighted by molar-refractivity contribution is 5.03. The summed E-state index contributed by atoms with van der Waals surface area (Å²) in [6.45, 7) is 6.53. The van der Waals surface area contributed by atoms with Gasteiger partial charge in [-0.25, -0.2) is 0 Å². The van der Waals surface area contributed by atoms with Gasteiger partial charge in [0.2, 0.25) is 0 Å². The van der Waals surface area contributed by atoms with Crippen molar-refractivity contribution in [1.29, 1.82) is 0 Å². The lowest BCUT2D eigenvalue weighted by Gasteiger charge is -2.20. The quantitative estimate of drug-likeness (QED) is 0.724. The lowest BCUT2D eigenvalue weighted by Crippen LogP contribution is -2.28. The van der Waals surface area contributed by atoms with E-state index in [0.717, 1.165) is 18.8 Å². The summed E-state index contributed by atoms with van der Waals surface area (Å²) in [5.74, 6) is 0.544. The Morgan fingerprint density at radius 1 is 1.71 bits per heavy atom. The number of hydrogen-bond donors (Lipinski definition) is 1. The molecule has 2 rings (SSSR count). The van der Waals surface area contributed by atoms with Crippen molar-refractivity contribution >= 4 is 0 Å². The number of aromatic nitrogens is 3. The average molecular weight is 192 g/mol. The van der Waals surface area contributed by atoms with Crippen molar-refractivity contribution in [2.24, 2.45) is 0 Å². The Bertz CT molecular complexity index is 299. The summed E-state index contributed by atoms with van der Waals surface area (Å²) in [7, 11) is 0. The van der Waals surface area contributed by atoms with Crippen LogP contribution in [0.1, 0.15) is 24.5 Å². The smallest absolute Gasteiger partial charge is 0.0870 e. The number of nitrogens with one attached hydrogen (secondary N) is 1. The van der Waals surface area contributed by atoms with Gasteiger partial charge in [0.1, 0.15) is 0 Å². The zero-order chi connectivity index (χ0) is 9.80. The van der Waals surface area contributed by atoms with Crippen LogP contribution in [0.3, 0.4) is 0 Å². The van der Waals surface area contributed by atoms with Gasteiger partial charge in [-0.1, -0.05) is 6.08 Å². The monoisotopic (exact) mass is 192 g/mol. The summed E-state index contributed by atoms with van der Waals surface area (Å²) in [4.78, 5) is 1.69. The Kier molecular flexibility index (Phi) is 2.93. The van der Waals surface area contributed by atoms with Gasteiger partial charge in [-0.05, 0) is 19.4 Å². The Morgan fingerprint density at radius 3 is 3.36 bits per heavy atom. The molecule has 1 aliphatic heterocycles. The van der Waals surface area contributed by atoms with Gasteiger partial charge in [0.15, 0.2) is 0 Å². The molecule has 76 valence electrons. The van der Waals surface area contributed by atoms with E-state index in [1.54, 1.807) is 4.80 Å². The minimum atomic E-state index is 0.544. The third kappa shape index (κ3) is 2.01. The first-order chi connectivity index (χ1) is 6.90. The minimum absolute atomic E-state index is 0.544. The van der Waals surface area contributed by atoms with Crippen LogP contribution in [-0.2, 0) is 6.54 Å². The van der Waals surface area contributed by atoms with Crippen LogP contribution in [0.5, 0.6) is 0 Å². The molecule has 4 heteroatoms. The van der Waals surface area contributed by atoms with Gasteiger partial charge in [0, 0.05) is 12.5 Å². The van der Waals surface area contributed by atoms with Gasteiger partial charge >= 0.3 is 0 Å². The standard InChI is InChI=1S/C10H16N4/c1-2-6-14-12-8-10(13-14)9-4-3-5-11-7-9/h2,8-9,11H,1,3-7H2. The third-order valence-electron chi connectivity index (χ3n) is 2.56. The van der Waals surface area contributed by atoms with Gasteiger partial charge in [-0.3, -0.25) is 0 Å². The van der Waals surface area contributed by atoms with Crippen molar-refractivity contribution in [2.75, 3.05) is 13.1 Å². The molecule has 0 saturated carbocycles. The maximum Gasteiger partial charge on any atom is 0.0870 e. The first-order valence-corrected chi connectivity index (χ1v) is 5.12. The van der Waals surface area contributed by atoms with Crippen molar-refractivity contribution in [3.63, 3.8) is 0 Å². The summed E-state index contributed by atoms with van der Waals surface area (Å²) in [5, 5.41) is 12.0. The van der Waals surface area contributed by atoms with Crippen molar-refractivity contribution in [3.8, 4) is 0 Å². The maximum absolute atomic E-state index is 4.42. The molecule has 0 bridgehead atoms. The Hall–Kier alpha value is -1.16. The highest BCUT2D eigenvalue weighted by Crippen LogP contribution is 2.20. The fourth-order valence-electron chi connectivity index (χ4n) is 1.81. The lowest BCUT2D eigenvalue weighted by molar-refractivity contribution is 0.449. The molecule has 0 aliphatic carbocycles. The Labute approximate surface area is 84.0 Å². The van der Waals surface area contributed by atoms with E-state index in [9.17, 15) is 0 Å². The number of allylic oxidation sites excluding steroid dienone is 1. The van der Waals surface area contributed by atoms with Crippen molar-refractivity contribution in [2.45, 2.75) is 25.3 Å². The van der Waals surface area contributed by atoms with E-state index in [-0.39, 0.29) is 0 Å².